The van der Waals surface area contributed by atoms with Crippen molar-refractivity contribution in [1.82, 2.24) is 0 Å². The molecule has 1 aromatic carbocycles. The van der Waals surface area contributed by atoms with E-state index in [0.717, 1.165) is 5.56 Å². The van der Waals surface area contributed by atoms with E-state index in [1.54, 1.807) is 30.4 Å². The number of carbonyl (C=O) groups is 1. The first-order valence-corrected chi connectivity index (χ1v) is 4.66. The Morgan fingerprint density at radius 2 is 2.33 bits per heavy atom. The van der Waals surface area contributed by atoms with E-state index in [1.807, 2.05) is 6.07 Å². The van der Waals surface area contributed by atoms with Crippen molar-refractivity contribution in [3.63, 3.8) is 0 Å². The molecule has 0 aliphatic heterocycles. The fourth-order valence-electron chi connectivity index (χ4n) is 1.04. The van der Waals surface area contributed by atoms with Crippen molar-refractivity contribution >= 4 is 23.6 Å². The topological polar surface area (TPSA) is 66.9 Å². The van der Waals surface area contributed by atoms with Crippen LogP contribution in [0.4, 0.5) is 0 Å². The third-order valence-electron chi connectivity index (χ3n) is 1.74. The van der Waals surface area contributed by atoms with E-state index in [4.69, 9.17) is 22.6 Å². The van der Waals surface area contributed by atoms with Crippen LogP contribution in [0.2, 0.25) is 5.02 Å². The van der Waals surface area contributed by atoms with E-state index in [-0.39, 0.29) is 12.3 Å². The number of amides is 1. The predicted octanol–water partition coefficient (Wildman–Crippen LogP) is 2.10. The molecule has 0 saturated heterocycles. The lowest BCUT2D eigenvalue weighted by Crippen LogP contribution is -2.07. The highest BCUT2D eigenvalue weighted by Gasteiger charge is 1.98. The van der Waals surface area contributed by atoms with Crippen LogP contribution in [0.15, 0.2) is 24.3 Å². The standard InChI is InChI=1S/C11H9ClN2O/c12-10-5-4-8(6-9(10)7-13)2-1-3-11(14)15/h1-2,4-6H,3H2,(H2,14,15). The van der Waals surface area contributed by atoms with Gasteiger partial charge in [0.25, 0.3) is 0 Å². The second-order valence-electron chi connectivity index (χ2n) is 2.92. The number of hydrogen-bond donors (Lipinski definition) is 1. The number of benzene rings is 1. The van der Waals surface area contributed by atoms with Crippen molar-refractivity contribution in [2.75, 3.05) is 0 Å². The summed E-state index contributed by atoms with van der Waals surface area (Å²) >= 11 is 5.76. The van der Waals surface area contributed by atoms with Crippen molar-refractivity contribution in [3.8, 4) is 6.07 Å². The first-order chi connectivity index (χ1) is 7.13. The van der Waals surface area contributed by atoms with E-state index < -0.39 is 0 Å². The Morgan fingerprint density at radius 3 is 2.93 bits per heavy atom. The predicted molar refractivity (Wildman–Crippen MR) is 59.0 cm³/mol. The molecule has 76 valence electrons. The Hall–Kier alpha value is -1.79. The summed E-state index contributed by atoms with van der Waals surface area (Å²) in [6, 6.07) is 7.04. The quantitative estimate of drug-likeness (QED) is 0.848. The summed E-state index contributed by atoms with van der Waals surface area (Å²) in [6.07, 6.45) is 3.55. The first-order valence-electron chi connectivity index (χ1n) is 4.28. The molecule has 0 spiro atoms. The van der Waals surface area contributed by atoms with Crippen LogP contribution in [-0.4, -0.2) is 5.91 Å². The lowest BCUT2D eigenvalue weighted by Gasteiger charge is -1.96. The van der Waals surface area contributed by atoms with Crippen molar-refractivity contribution in [2.24, 2.45) is 5.73 Å². The van der Waals surface area contributed by atoms with Gasteiger partial charge in [0.1, 0.15) is 6.07 Å². The van der Waals surface area contributed by atoms with Gasteiger partial charge < -0.3 is 5.73 Å². The van der Waals surface area contributed by atoms with Gasteiger partial charge in [-0.2, -0.15) is 5.26 Å². The van der Waals surface area contributed by atoms with E-state index in [0.29, 0.717) is 10.6 Å². The van der Waals surface area contributed by atoms with Crippen LogP contribution in [0, 0.1) is 11.3 Å². The van der Waals surface area contributed by atoms with Gasteiger partial charge in [-0.05, 0) is 17.7 Å². The Kier molecular flexibility index (Phi) is 3.90. The zero-order chi connectivity index (χ0) is 11.3. The summed E-state index contributed by atoms with van der Waals surface area (Å²) in [5.41, 5.74) is 6.20. The fraction of sp³-hybridized carbons (Fsp3) is 0.0909. The third-order valence-corrected chi connectivity index (χ3v) is 2.07. The number of nitriles is 1. The molecule has 0 fully saturated rings. The third kappa shape index (κ3) is 3.45. The van der Waals surface area contributed by atoms with Crippen LogP contribution in [-0.2, 0) is 4.79 Å². The number of halogens is 1. The molecule has 0 aliphatic carbocycles. The van der Waals surface area contributed by atoms with Gasteiger partial charge in [-0.3, -0.25) is 4.79 Å². The van der Waals surface area contributed by atoms with Crippen molar-refractivity contribution in [3.05, 3.63) is 40.4 Å². The fourth-order valence-corrected chi connectivity index (χ4v) is 1.20. The molecular weight excluding hydrogens is 212 g/mol. The molecule has 0 unspecified atom stereocenters. The summed E-state index contributed by atoms with van der Waals surface area (Å²) in [7, 11) is 0. The normalized spacial score (nSPS) is 10.1. The molecule has 0 aromatic heterocycles. The molecule has 0 saturated carbocycles. The molecule has 0 radical (unpaired) electrons. The number of primary amides is 1. The number of rotatable bonds is 3. The largest absolute Gasteiger partial charge is 0.369 e. The lowest BCUT2D eigenvalue weighted by molar-refractivity contribution is -0.117. The molecule has 0 aliphatic rings. The summed E-state index contributed by atoms with van der Waals surface area (Å²) in [4.78, 5) is 10.5. The van der Waals surface area contributed by atoms with Crippen molar-refractivity contribution in [1.29, 1.82) is 5.26 Å². The molecule has 2 N–H and O–H groups in total. The highest BCUT2D eigenvalue weighted by molar-refractivity contribution is 6.31. The highest BCUT2D eigenvalue weighted by atomic mass is 35.5. The molecule has 15 heavy (non-hydrogen) atoms. The van der Waals surface area contributed by atoms with Crippen molar-refractivity contribution < 1.29 is 4.79 Å². The van der Waals surface area contributed by atoms with Gasteiger partial charge in [-0.15, -0.1) is 0 Å². The van der Waals surface area contributed by atoms with Crippen LogP contribution in [0.3, 0.4) is 0 Å². The first kappa shape index (κ1) is 11.3. The Labute approximate surface area is 92.8 Å². The second kappa shape index (κ2) is 5.18. The minimum Gasteiger partial charge on any atom is -0.369 e. The van der Waals surface area contributed by atoms with Gasteiger partial charge in [-0.1, -0.05) is 29.8 Å². The van der Waals surface area contributed by atoms with Gasteiger partial charge in [-0.25, -0.2) is 0 Å². The van der Waals surface area contributed by atoms with Gasteiger partial charge in [0.2, 0.25) is 5.91 Å². The molecule has 1 aromatic rings. The summed E-state index contributed by atoms with van der Waals surface area (Å²) in [5, 5.41) is 9.14. The van der Waals surface area contributed by atoms with Gasteiger partial charge in [0.15, 0.2) is 0 Å². The number of hydrogen-bond acceptors (Lipinski definition) is 2. The maximum atomic E-state index is 10.5. The van der Waals surface area contributed by atoms with Gasteiger partial charge in [0.05, 0.1) is 10.6 Å². The molecule has 1 rings (SSSR count). The minimum atomic E-state index is -0.388. The summed E-state index contributed by atoms with van der Waals surface area (Å²) < 4.78 is 0. The zero-order valence-corrected chi connectivity index (χ0v) is 8.66. The number of carbonyl (C=O) groups excluding carboxylic acids is 1. The van der Waals surface area contributed by atoms with Gasteiger partial charge in [0, 0.05) is 6.42 Å². The van der Waals surface area contributed by atoms with Crippen LogP contribution < -0.4 is 5.73 Å². The van der Waals surface area contributed by atoms with Crippen molar-refractivity contribution in [2.45, 2.75) is 6.42 Å². The molecule has 4 heteroatoms. The Balaban J connectivity index is 2.84. The summed E-state index contributed by atoms with van der Waals surface area (Å²) in [6.45, 7) is 0. The van der Waals surface area contributed by atoms with Gasteiger partial charge >= 0.3 is 0 Å². The van der Waals surface area contributed by atoms with Crippen LogP contribution in [0.25, 0.3) is 6.08 Å². The molecule has 1 amide bonds. The molecule has 0 atom stereocenters. The maximum absolute atomic E-state index is 10.5. The molecule has 3 nitrogen and oxygen atoms in total. The molecular formula is C11H9ClN2O. The van der Waals surface area contributed by atoms with E-state index in [1.165, 1.54) is 0 Å². The monoisotopic (exact) mass is 220 g/mol. The maximum Gasteiger partial charge on any atom is 0.221 e. The lowest BCUT2D eigenvalue weighted by atomic mass is 10.1. The number of nitrogens with two attached hydrogens (primary N) is 1. The smallest absolute Gasteiger partial charge is 0.221 e. The SMILES string of the molecule is N#Cc1cc(C=CCC(N)=O)ccc1Cl. The van der Waals surface area contributed by atoms with Crippen LogP contribution in [0.1, 0.15) is 17.5 Å². The highest BCUT2D eigenvalue weighted by Crippen LogP contribution is 2.17. The van der Waals surface area contributed by atoms with Crippen LogP contribution in [0.5, 0.6) is 0 Å². The number of nitrogens with zero attached hydrogens (tertiary/aromatic N) is 1. The van der Waals surface area contributed by atoms with Crippen LogP contribution >= 0.6 is 11.6 Å². The minimum absolute atomic E-state index is 0.185. The second-order valence-corrected chi connectivity index (χ2v) is 3.33. The zero-order valence-electron chi connectivity index (χ0n) is 7.90. The van der Waals surface area contributed by atoms with E-state index in [9.17, 15) is 4.79 Å². The van der Waals surface area contributed by atoms with E-state index in [2.05, 4.69) is 0 Å². The molecule has 0 bridgehead atoms. The average Bonchev–Trinajstić information content (AvgIpc) is 2.20. The Morgan fingerprint density at radius 1 is 1.60 bits per heavy atom. The average molecular weight is 221 g/mol. The van der Waals surface area contributed by atoms with E-state index >= 15 is 0 Å². The summed E-state index contributed by atoms with van der Waals surface area (Å²) in [5.74, 6) is -0.388. The Bertz CT molecular complexity index is 446. The molecule has 0 heterocycles.